The normalized spacial score (nSPS) is 11.3. The van der Waals surface area contributed by atoms with Gasteiger partial charge in [0, 0.05) is 16.8 Å². The molecule has 0 atom stereocenters. The number of anilines is 1. The van der Waals surface area contributed by atoms with E-state index in [4.69, 9.17) is 25.5 Å². The molecule has 5 aromatic rings. The van der Waals surface area contributed by atoms with Gasteiger partial charge in [-0.3, -0.25) is 9.59 Å². The van der Waals surface area contributed by atoms with Gasteiger partial charge in [0.2, 0.25) is 11.2 Å². The van der Waals surface area contributed by atoms with E-state index >= 15 is 0 Å². The number of halogens is 4. The summed E-state index contributed by atoms with van der Waals surface area (Å²) in [5.74, 6) is -3.01. The largest absolute Gasteiger partial charge is 0.484 e. The van der Waals surface area contributed by atoms with Crippen LogP contribution in [0.2, 0.25) is 5.02 Å². The second-order valence-electron chi connectivity index (χ2n) is 9.03. The van der Waals surface area contributed by atoms with Crippen LogP contribution in [-0.4, -0.2) is 12.5 Å². The van der Waals surface area contributed by atoms with E-state index in [-0.39, 0.29) is 22.5 Å². The van der Waals surface area contributed by atoms with Gasteiger partial charge in [-0.05, 0) is 66.1 Å². The first-order valence-corrected chi connectivity index (χ1v) is 12.7. The molecule has 0 saturated heterocycles. The zero-order valence-corrected chi connectivity index (χ0v) is 22.2. The van der Waals surface area contributed by atoms with Crippen LogP contribution < -0.4 is 20.2 Å². The van der Waals surface area contributed by atoms with E-state index in [1.807, 2.05) is 30.3 Å². The Bertz CT molecular complexity index is 1790. The number of nitrogens with one attached hydrogen (secondary N) is 1. The quantitative estimate of drug-likeness (QED) is 0.210. The third kappa shape index (κ3) is 6.36. The number of hydrogen-bond donors (Lipinski definition) is 1. The van der Waals surface area contributed by atoms with Gasteiger partial charge < -0.3 is 19.2 Å². The van der Waals surface area contributed by atoms with E-state index in [1.54, 1.807) is 37.3 Å². The first-order valence-electron chi connectivity index (χ1n) is 12.3. The number of carbonyl (C=O) groups is 1. The van der Waals surface area contributed by atoms with Crippen molar-refractivity contribution in [2.24, 2.45) is 0 Å². The van der Waals surface area contributed by atoms with Crippen molar-refractivity contribution in [3.63, 3.8) is 0 Å². The molecule has 0 bridgehead atoms. The van der Waals surface area contributed by atoms with Gasteiger partial charge in [-0.15, -0.1) is 0 Å². The fraction of sp³-hybridized carbons (Fsp3) is 0.0968. The van der Waals surface area contributed by atoms with Crippen LogP contribution in [0.15, 0.2) is 100 Å². The van der Waals surface area contributed by atoms with Crippen molar-refractivity contribution < 1.29 is 31.9 Å². The van der Waals surface area contributed by atoms with E-state index in [1.165, 1.54) is 24.3 Å². The summed E-state index contributed by atoms with van der Waals surface area (Å²) in [6.07, 6.45) is -5.03. The fourth-order valence-corrected chi connectivity index (χ4v) is 4.32. The summed E-state index contributed by atoms with van der Waals surface area (Å²) in [4.78, 5) is 25.5. The van der Waals surface area contributed by atoms with Crippen molar-refractivity contribution in [3.05, 3.63) is 118 Å². The molecule has 10 heteroatoms. The maximum absolute atomic E-state index is 14.0. The Labute approximate surface area is 236 Å². The van der Waals surface area contributed by atoms with Crippen LogP contribution in [0.25, 0.3) is 22.1 Å². The molecule has 0 radical (unpaired) electrons. The Balaban J connectivity index is 1.38. The molecule has 0 saturated carbocycles. The van der Waals surface area contributed by atoms with Crippen molar-refractivity contribution in [2.45, 2.75) is 13.1 Å². The molecule has 1 heterocycles. The van der Waals surface area contributed by atoms with Gasteiger partial charge in [-0.2, -0.15) is 13.2 Å². The monoisotopic (exact) mass is 579 g/mol. The molecule has 4 aromatic carbocycles. The van der Waals surface area contributed by atoms with E-state index in [2.05, 4.69) is 5.32 Å². The van der Waals surface area contributed by atoms with E-state index in [0.29, 0.717) is 10.7 Å². The summed E-state index contributed by atoms with van der Waals surface area (Å²) in [7, 11) is 0. The Morgan fingerprint density at radius 2 is 1.59 bits per heavy atom. The van der Waals surface area contributed by atoms with Crippen LogP contribution in [0.3, 0.4) is 0 Å². The lowest BCUT2D eigenvalue weighted by molar-refractivity contribution is -0.154. The Morgan fingerprint density at radius 3 is 2.27 bits per heavy atom. The molecule has 0 aliphatic rings. The topological polar surface area (TPSA) is 77.8 Å². The number of fused-ring (bicyclic) bond motifs is 1. The molecule has 0 spiro atoms. The molecule has 0 aliphatic heterocycles. The summed E-state index contributed by atoms with van der Waals surface area (Å²) in [6.45, 7) is 1.33. The second kappa shape index (κ2) is 11.4. The Hall–Kier alpha value is -4.76. The lowest BCUT2D eigenvalue weighted by Gasteiger charge is -2.14. The highest BCUT2D eigenvalue weighted by atomic mass is 35.5. The standard InChI is InChI=1S/C31H21ClF3NO5/c1-18-15-21(32)9-14-25(18)36-27(37)17-39-23-12-13-24-26(16-23)41-30(31(33,34)35)29(28(24)38)40-22-10-7-20(8-11-22)19-5-3-2-4-6-19/h2-16H,17H2,1H3,(H,36,37). The number of ether oxygens (including phenoxy) is 2. The number of carbonyl (C=O) groups excluding carboxylic acids is 1. The Morgan fingerprint density at radius 1 is 0.902 bits per heavy atom. The molecular weight excluding hydrogens is 559 g/mol. The van der Waals surface area contributed by atoms with Crippen molar-refractivity contribution in [1.82, 2.24) is 0 Å². The van der Waals surface area contributed by atoms with Gasteiger partial charge >= 0.3 is 6.18 Å². The predicted molar refractivity (Wildman–Crippen MR) is 150 cm³/mol. The molecule has 5 rings (SSSR count). The second-order valence-corrected chi connectivity index (χ2v) is 9.47. The van der Waals surface area contributed by atoms with Gasteiger partial charge in [0.25, 0.3) is 11.7 Å². The molecule has 1 amide bonds. The zero-order chi connectivity index (χ0) is 29.1. The van der Waals surface area contributed by atoms with E-state index in [9.17, 15) is 22.8 Å². The van der Waals surface area contributed by atoms with Gasteiger partial charge in [0.15, 0.2) is 6.61 Å². The highest BCUT2D eigenvalue weighted by molar-refractivity contribution is 6.30. The third-order valence-electron chi connectivity index (χ3n) is 6.09. The molecule has 1 N–H and O–H groups in total. The van der Waals surface area contributed by atoms with Crippen LogP contribution in [0, 0.1) is 6.92 Å². The summed E-state index contributed by atoms with van der Waals surface area (Å²) in [5, 5.41) is 3.03. The summed E-state index contributed by atoms with van der Waals surface area (Å²) < 4.78 is 57.9. The maximum atomic E-state index is 14.0. The first kappa shape index (κ1) is 27.8. The van der Waals surface area contributed by atoms with E-state index in [0.717, 1.165) is 22.8 Å². The smallest absolute Gasteiger partial charge is 0.453 e. The van der Waals surface area contributed by atoms with Crippen LogP contribution in [-0.2, 0) is 11.0 Å². The lowest BCUT2D eigenvalue weighted by Crippen LogP contribution is -2.20. The predicted octanol–water partition coefficient (Wildman–Crippen LogP) is 8.25. The number of amides is 1. The molecule has 0 aliphatic carbocycles. The number of benzene rings is 4. The third-order valence-corrected chi connectivity index (χ3v) is 6.33. The van der Waals surface area contributed by atoms with Gasteiger partial charge in [-0.25, -0.2) is 0 Å². The van der Waals surface area contributed by atoms with Crippen molar-refractivity contribution >= 4 is 34.2 Å². The number of rotatable bonds is 7. The summed E-state index contributed by atoms with van der Waals surface area (Å²) in [6, 6.07) is 24.3. The minimum Gasteiger partial charge on any atom is -0.484 e. The Kier molecular flexibility index (Phi) is 7.72. The number of hydrogen-bond acceptors (Lipinski definition) is 5. The average Bonchev–Trinajstić information content (AvgIpc) is 2.95. The minimum atomic E-state index is -5.03. The summed E-state index contributed by atoms with van der Waals surface area (Å²) in [5.41, 5.74) is 1.63. The van der Waals surface area contributed by atoms with Crippen molar-refractivity contribution in [3.8, 4) is 28.4 Å². The van der Waals surface area contributed by atoms with Gasteiger partial charge in [-0.1, -0.05) is 54.1 Å². The van der Waals surface area contributed by atoms with Crippen LogP contribution in [0.5, 0.6) is 17.2 Å². The number of aryl methyl sites for hydroxylation is 1. The molecule has 0 fully saturated rings. The summed E-state index contributed by atoms with van der Waals surface area (Å²) >= 11 is 5.92. The minimum absolute atomic E-state index is 0.0296. The van der Waals surface area contributed by atoms with Crippen molar-refractivity contribution in [1.29, 1.82) is 0 Å². The highest BCUT2D eigenvalue weighted by Crippen LogP contribution is 2.39. The number of alkyl halides is 3. The first-order chi connectivity index (χ1) is 19.6. The molecule has 6 nitrogen and oxygen atoms in total. The van der Waals surface area contributed by atoms with Gasteiger partial charge in [0.1, 0.15) is 17.1 Å². The van der Waals surface area contributed by atoms with Crippen LogP contribution in [0.1, 0.15) is 11.3 Å². The molecule has 41 heavy (non-hydrogen) atoms. The SMILES string of the molecule is Cc1cc(Cl)ccc1NC(=O)COc1ccc2c(=O)c(Oc3ccc(-c4ccccc4)cc3)c(C(F)(F)F)oc2c1. The maximum Gasteiger partial charge on any atom is 0.453 e. The molecule has 0 unspecified atom stereocenters. The molecule has 208 valence electrons. The highest BCUT2D eigenvalue weighted by Gasteiger charge is 2.40. The molecular formula is C31H21ClF3NO5. The average molecular weight is 580 g/mol. The van der Waals surface area contributed by atoms with E-state index < -0.39 is 35.6 Å². The molecule has 1 aromatic heterocycles. The fourth-order valence-electron chi connectivity index (χ4n) is 4.09. The van der Waals surface area contributed by atoms with Crippen LogP contribution in [0.4, 0.5) is 18.9 Å². The lowest BCUT2D eigenvalue weighted by atomic mass is 10.1. The van der Waals surface area contributed by atoms with Crippen LogP contribution >= 0.6 is 11.6 Å². The van der Waals surface area contributed by atoms with Gasteiger partial charge in [0.05, 0.1) is 5.39 Å². The zero-order valence-electron chi connectivity index (χ0n) is 21.4. The van der Waals surface area contributed by atoms with Crippen molar-refractivity contribution in [2.75, 3.05) is 11.9 Å².